The lowest BCUT2D eigenvalue weighted by Gasteiger charge is -2.14. The molecule has 4 aromatic carbocycles. The summed E-state index contributed by atoms with van der Waals surface area (Å²) in [5, 5.41) is 5.18. The van der Waals surface area contributed by atoms with Crippen LogP contribution in [0.1, 0.15) is 11.4 Å². The zero-order valence-electron chi connectivity index (χ0n) is 17.6. The summed E-state index contributed by atoms with van der Waals surface area (Å²) in [5.74, 6) is 0.315. The normalized spacial score (nSPS) is 11.2. The quantitative estimate of drug-likeness (QED) is 0.394. The number of fused-ring (bicyclic) bond motifs is 2. The summed E-state index contributed by atoms with van der Waals surface area (Å²) in [4.78, 5) is 30.7. The highest BCUT2D eigenvalue weighted by Gasteiger charge is 2.13. The van der Waals surface area contributed by atoms with Crippen LogP contribution in [0.5, 0.6) is 0 Å². The van der Waals surface area contributed by atoms with E-state index in [1.54, 1.807) is 24.3 Å². The fraction of sp³-hybridized carbons (Fsp3) is 0. The fourth-order valence-corrected chi connectivity index (χ4v) is 3.69. The maximum atomic E-state index is 13.2. The SMILES string of the molecule is O=C(Nc1cccc2ccccc12)Nn1c(/C=C/c2ccccc2)nc2ccccc2c1=O. The lowest BCUT2D eigenvalue weighted by atomic mass is 10.1. The van der Waals surface area contributed by atoms with Gasteiger partial charge in [0, 0.05) is 5.39 Å². The van der Waals surface area contributed by atoms with Crippen LogP contribution in [0, 0.1) is 0 Å². The Labute approximate surface area is 189 Å². The fourth-order valence-electron chi connectivity index (χ4n) is 3.69. The number of nitrogens with zero attached hydrogens (tertiary/aromatic N) is 2. The van der Waals surface area contributed by atoms with Gasteiger partial charge < -0.3 is 5.32 Å². The van der Waals surface area contributed by atoms with Crippen molar-refractivity contribution in [2.24, 2.45) is 0 Å². The molecule has 6 heteroatoms. The second-order valence-corrected chi connectivity index (χ2v) is 7.46. The molecule has 1 aromatic heterocycles. The zero-order valence-corrected chi connectivity index (χ0v) is 17.6. The van der Waals surface area contributed by atoms with Crippen LogP contribution in [0.4, 0.5) is 10.5 Å². The highest BCUT2D eigenvalue weighted by molar-refractivity contribution is 6.04. The van der Waals surface area contributed by atoms with Crippen molar-refractivity contribution in [3.63, 3.8) is 0 Å². The second-order valence-electron chi connectivity index (χ2n) is 7.46. The Morgan fingerprint density at radius 1 is 0.758 bits per heavy atom. The van der Waals surface area contributed by atoms with E-state index in [9.17, 15) is 9.59 Å². The Balaban J connectivity index is 1.52. The third-order valence-electron chi connectivity index (χ3n) is 5.28. The van der Waals surface area contributed by atoms with Gasteiger partial charge in [-0.05, 0) is 35.2 Å². The van der Waals surface area contributed by atoms with Gasteiger partial charge in [0.15, 0.2) is 5.82 Å². The molecule has 5 rings (SSSR count). The third kappa shape index (κ3) is 4.22. The van der Waals surface area contributed by atoms with E-state index in [4.69, 9.17) is 0 Å². The number of amides is 2. The summed E-state index contributed by atoms with van der Waals surface area (Å²) in [6.45, 7) is 0. The molecule has 6 nitrogen and oxygen atoms in total. The van der Waals surface area contributed by atoms with Crippen LogP contribution in [-0.4, -0.2) is 15.7 Å². The molecule has 0 aliphatic carbocycles. The van der Waals surface area contributed by atoms with Crippen molar-refractivity contribution >= 4 is 45.5 Å². The van der Waals surface area contributed by atoms with E-state index in [-0.39, 0.29) is 5.56 Å². The maximum Gasteiger partial charge on any atom is 0.338 e. The van der Waals surface area contributed by atoms with Crippen molar-refractivity contribution in [1.82, 2.24) is 9.66 Å². The minimum atomic E-state index is -0.542. The topological polar surface area (TPSA) is 76.0 Å². The van der Waals surface area contributed by atoms with Gasteiger partial charge in [0.2, 0.25) is 0 Å². The van der Waals surface area contributed by atoms with Gasteiger partial charge in [-0.25, -0.2) is 15.2 Å². The van der Waals surface area contributed by atoms with Gasteiger partial charge in [-0.15, -0.1) is 0 Å². The number of benzene rings is 4. The largest absolute Gasteiger partial charge is 0.338 e. The summed E-state index contributed by atoms with van der Waals surface area (Å²) in [6, 6.07) is 29.6. The smallest absolute Gasteiger partial charge is 0.306 e. The molecular formula is C27H20N4O2. The molecule has 0 fully saturated rings. The monoisotopic (exact) mass is 432 g/mol. The van der Waals surface area contributed by atoms with Crippen LogP contribution in [0.25, 0.3) is 33.8 Å². The van der Waals surface area contributed by atoms with E-state index in [0.717, 1.165) is 16.3 Å². The Morgan fingerprint density at radius 2 is 1.45 bits per heavy atom. The first-order valence-corrected chi connectivity index (χ1v) is 10.5. The number of hydrogen-bond donors (Lipinski definition) is 2. The summed E-state index contributed by atoms with van der Waals surface area (Å²) >= 11 is 0. The van der Waals surface area contributed by atoms with Gasteiger partial charge in [0.05, 0.1) is 16.6 Å². The van der Waals surface area contributed by atoms with Gasteiger partial charge in [-0.3, -0.25) is 4.79 Å². The molecule has 0 saturated carbocycles. The van der Waals surface area contributed by atoms with Crippen molar-refractivity contribution in [2.45, 2.75) is 0 Å². The number of carbonyl (C=O) groups excluding carboxylic acids is 1. The molecule has 0 aliphatic rings. The van der Waals surface area contributed by atoms with E-state index in [2.05, 4.69) is 15.7 Å². The molecule has 2 N–H and O–H groups in total. The minimum Gasteiger partial charge on any atom is -0.306 e. The molecule has 1 heterocycles. The van der Waals surface area contributed by atoms with Crippen molar-refractivity contribution in [3.8, 4) is 0 Å². The van der Waals surface area contributed by atoms with Gasteiger partial charge in [0.1, 0.15) is 0 Å². The summed E-state index contributed by atoms with van der Waals surface area (Å²) in [5.41, 5.74) is 4.46. The van der Waals surface area contributed by atoms with E-state index in [1.807, 2.05) is 84.9 Å². The molecule has 0 spiro atoms. The number of nitrogens with one attached hydrogen (secondary N) is 2. The molecule has 33 heavy (non-hydrogen) atoms. The predicted molar refractivity (Wildman–Crippen MR) is 134 cm³/mol. The lowest BCUT2D eigenvalue weighted by molar-refractivity contribution is 0.259. The average molecular weight is 432 g/mol. The molecular weight excluding hydrogens is 412 g/mol. The Morgan fingerprint density at radius 3 is 2.30 bits per heavy atom. The number of anilines is 1. The molecule has 0 atom stereocenters. The maximum absolute atomic E-state index is 13.2. The summed E-state index contributed by atoms with van der Waals surface area (Å²) < 4.78 is 1.17. The van der Waals surface area contributed by atoms with Gasteiger partial charge in [-0.2, -0.15) is 4.68 Å². The molecule has 0 radical (unpaired) electrons. The second kappa shape index (κ2) is 8.80. The van der Waals surface area contributed by atoms with Crippen molar-refractivity contribution in [1.29, 1.82) is 0 Å². The van der Waals surface area contributed by atoms with Crippen molar-refractivity contribution in [2.75, 3.05) is 10.7 Å². The van der Waals surface area contributed by atoms with Gasteiger partial charge in [-0.1, -0.05) is 84.9 Å². The molecule has 0 aliphatic heterocycles. The van der Waals surface area contributed by atoms with E-state index >= 15 is 0 Å². The number of para-hydroxylation sites is 1. The zero-order chi connectivity index (χ0) is 22.6. The molecule has 2 amide bonds. The van der Waals surface area contributed by atoms with E-state index < -0.39 is 6.03 Å². The molecule has 0 bridgehead atoms. The summed E-state index contributed by atoms with van der Waals surface area (Å²) in [6.07, 6.45) is 3.55. The van der Waals surface area contributed by atoms with Crippen molar-refractivity contribution in [3.05, 3.63) is 119 Å². The molecule has 0 unspecified atom stereocenters. The number of aromatic nitrogens is 2. The third-order valence-corrected chi connectivity index (χ3v) is 5.28. The first-order chi connectivity index (χ1) is 16.2. The number of hydrogen-bond acceptors (Lipinski definition) is 3. The van der Waals surface area contributed by atoms with Gasteiger partial charge >= 0.3 is 6.03 Å². The van der Waals surface area contributed by atoms with Crippen LogP contribution in [-0.2, 0) is 0 Å². The minimum absolute atomic E-state index is 0.315. The summed E-state index contributed by atoms with van der Waals surface area (Å²) in [7, 11) is 0. The highest BCUT2D eigenvalue weighted by atomic mass is 16.2. The lowest BCUT2D eigenvalue weighted by Crippen LogP contribution is -2.37. The van der Waals surface area contributed by atoms with Crippen LogP contribution in [0.2, 0.25) is 0 Å². The first kappa shape index (κ1) is 20.2. The van der Waals surface area contributed by atoms with Crippen molar-refractivity contribution < 1.29 is 4.79 Å². The standard InChI is InChI=1S/C27H20N4O2/c32-26-22-14-6-7-15-24(22)28-25(18-17-19-9-2-1-3-10-19)31(26)30-27(33)29-23-16-8-12-20-11-4-5-13-21(20)23/h1-18H,(H2,29,30,33)/b18-17+. The van der Waals surface area contributed by atoms with Gasteiger partial charge in [0.25, 0.3) is 5.56 Å². The van der Waals surface area contributed by atoms with E-state index in [0.29, 0.717) is 22.4 Å². The Bertz CT molecular complexity index is 1550. The molecule has 0 saturated heterocycles. The van der Waals surface area contributed by atoms with E-state index in [1.165, 1.54) is 4.68 Å². The first-order valence-electron chi connectivity index (χ1n) is 10.5. The number of urea groups is 1. The molecule has 5 aromatic rings. The number of rotatable bonds is 4. The van der Waals surface area contributed by atoms with Crippen LogP contribution < -0.4 is 16.3 Å². The van der Waals surface area contributed by atoms with Crippen LogP contribution in [0.15, 0.2) is 102 Å². The predicted octanol–water partition coefficient (Wildman–Crippen LogP) is 5.50. The molecule has 160 valence electrons. The highest BCUT2D eigenvalue weighted by Crippen LogP contribution is 2.22. The average Bonchev–Trinajstić information content (AvgIpc) is 2.85. The number of carbonyl (C=O) groups is 1. The van der Waals surface area contributed by atoms with Crippen LogP contribution >= 0.6 is 0 Å². The van der Waals surface area contributed by atoms with Crippen LogP contribution in [0.3, 0.4) is 0 Å². The Hall–Kier alpha value is -4.71. The Kier molecular flexibility index (Phi) is 5.39.